The van der Waals surface area contributed by atoms with Crippen LogP contribution in [0.3, 0.4) is 0 Å². The number of hydrogen-bond donors (Lipinski definition) is 0. The number of carbonyl (C=O) groups is 1. The van der Waals surface area contributed by atoms with E-state index in [1.54, 1.807) is 0 Å². The molecule has 2 nitrogen and oxygen atoms in total. The standard InChI is InChI=1S/C32H44O2/c1-4-6-24-7-9-25(10-8-24)26-11-13-27(14-12-26)28-15-17-29(18-16-28)30-19-21-32(3,22-20-30)31(33)34-23-5-2/h11-18,24-25,30H,4-10,19-23H2,1-3H3/t24-,25-,30?,32?. The fourth-order valence-electron chi connectivity index (χ4n) is 6.25. The molecule has 2 saturated carbocycles. The minimum absolute atomic E-state index is 0.000554. The van der Waals surface area contributed by atoms with Crippen molar-refractivity contribution >= 4 is 5.97 Å². The van der Waals surface area contributed by atoms with Crippen LogP contribution in [0.1, 0.15) is 114 Å². The molecule has 0 bridgehead atoms. The van der Waals surface area contributed by atoms with Crippen molar-refractivity contribution in [3.8, 4) is 11.1 Å². The van der Waals surface area contributed by atoms with Crippen LogP contribution in [0.4, 0.5) is 0 Å². The lowest BCUT2D eigenvalue weighted by molar-refractivity contribution is -0.157. The van der Waals surface area contributed by atoms with Crippen LogP contribution in [0.25, 0.3) is 11.1 Å². The van der Waals surface area contributed by atoms with Crippen LogP contribution in [-0.2, 0) is 9.53 Å². The summed E-state index contributed by atoms with van der Waals surface area (Å²) in [6.45, 7) is 6.99. The Morgan fingerprint density at radius 2 is 1.26 bits per heavy atom. The molecule has 0 amide bonds. The first-order valence-electron chi connectivity index (χ1n) is 13.9. The molecule has 184 valence electrons. The summed E-state index contributed by atoms with van der Waals surface area (Å²) in [4.78, 5) is 12.5. The highest BCUT2D eigenvalue weighted by atomic mass is 16.5. The smallest absolute Gasteiger partial charge is 0.311 e. The van der Waals surface area contributed by atoms with Crippen LogP contribution >= 0.6 is 0 Å². The van der Waals surface area contributed by atoms with Crippen LogP contribution in [-0.4, -0.2) is 12.6 Å². The number of esters is 1. The Kier molecular flexibility index (Phi) is 8.51. The van der Waals surface area contributed by atoms with Gasteiger partial charge in [0, 0.05) is 0 Å². The molecule has 0 spiro atoms. The van der Waals surface area contributed by atoms with Gasteiger partial charge in [0.25, 0.3) is 0 Å². The molecular formula is C32H44O2. The van der Waals surface area contributed by atoms with Gasteiger partial charge in [0.2, 0.25) is 0 Å². The number of carbonyl (C=O) groups excluding carboxylic acids is 1. The van der Waals surface area contributed by atoms with E-state index < -0.39 is 0 Å². The van der Waals surface area contributed by atoms with E-state index in [-0.39, 0.29) is 11.4 Å². The summed E-state index contributed by atoms with van der Waals surface area (Å²) in [5.74, 6) is 2.26. The minimum atomic E-state index is -0.303. The van der Waals surface area contributed by atoms with E-state index in [1.165, 1.54) is 60.8 Å². The van der Waals surface area contributed by atoms with Gasteiger partial charge in [0.05, 0.1) is 12.0 Å². The molecule has 0 unspecified atom stereocenters. The summed E-state index contributed by atoms with van der Waals surface area (Å²) in [5, 5.41) is 0. The van der Waals surface area contributed by atoms with E-state index >= 15 is 0 Å². The van der Waals surface area contributed by atoms with Crippen molar-refractivity contribution in [3.63, 3.8) is 0 Å². The number of hydrogen-bond acceptors (Lipinski definition) is 2. The quantitative estimate of drug-likeness (QED) is 0.367. The van der Waals surface area contributed by atoms with E-state index in [0.717, 1.165) is 43.9 Å². The molecule has 2 aromatic carbocycles. The van der Waals surface area contributed by atoms with Crippen LogP contribution in [0, 0.1) is 11.3 Å². The molecular weight excluding hydrogens is 416 g/mol. The van der Waals surface area contributed by atoms with Gasteiger partial charge in [-0.1, -0.05) is 75.2 Å². The van der Waals surface area contributed by atoms with Crippen LogP contribution in [0.15, 0.2) is 48.5 Å². The Bertz CT molecular complexity index is 895. The van der Waals surface area contributed by atoms with Crippen molar-refractivity contribution < 1.29 is 9.53 Å². The minimum Gasteiger partial charge on any atom is -0.465 e. The van der Waals surface area contributed by atoms with Gasteiger partial charge in [0.1, 0.15) is 0 Å². The van der Waals surface area contributed by atoms with Gasteiger partial charge < -0.3 is 4.74 Å². The molecule has 0 radical (unpaired) electrons. The van der Waals surface area contributed by atoms with Crippen molar-refractivity contribution in [1.82, 2.24) is 0 Å². The molecule has 2 aromatic rings. The Morgan fingerprint density at radius 1 is 0.765 bits per heavy atom. The summed E-state index contributed by atoms with van der Waals surface area (Å²) in [6, 6.07) is 18.5. The Morgan fingerprint density at radius 3 is 1.74 bits per heavy atom. The summed E-state index contributed by atoms with van der Waals surface area (Å²) in [7, 11) is 0. The number of rotatable bonds is 8. The van der Waals surface area contributed by atoms with E-state index in [1.807, 2.05) is 6.92 Å². The highest BCUT2D eigenvalue weighted by molar-refractivity contribution is 5.76. The molecule has 0 aliphatic heterocycles. The fourth-order valence-corrected chi connectivity index (χ4v) is 6.25. The maximum Gasteiger partial charge on any atom is 0.311 e. The third-order valence-electron chi connectivity index (χ3n) is 8.66. The van der Waals surface area contributed by atoms with Crippen LogP contribution in [0.5, 0.6) is 0 Å². The van der Waals surface area contributed by atoms with Gasteiger partial charge in [-0.15, -0.1) is 0 Å². The Balaban J connectivity index is 1.32. The molecule has 34 heavy (non-hydrogen) atoms. The third kappa shape index (κ3) is 5.93. The highest BCUT2D eigenvalue weighted by Crippen LogP contribution is 2.44. The van der Waals surface area contributed by atoms with Gasteiger partial charge in [-0.2, -0.15) is 0 Å². The topological polar surface area (TPSA) is 26.3 Å². The number of ether oxygens (including phenoxy) is 1. The molecule has 0 heterocycles. The van der Waals surface area contributed by atoms with Crippen molar-refractivity contribution in [3.05, 3.63) is 59.7 Å². The molecule has 4 rings (SSSR count). The van der Waals surface area contributed by atoms with Gasteiger partial charge in [-0.25, -0.2) is 0 Å². The van der Waals surface area contributed by atoms with Crippen molar-refractivity contribution in [2.24, 2.45) is 11.3 Å². The second-order valence-corrected chi connectivity index (χ2v) is 11.2. The second kappa shape index (κ2) is 11.6. The maximum atomic E-state index is 12.5. The maximum absolute atomic E-state index is 12.5. The number of benzene rings is 2. The first-order chi connectivity index (χ1) is 16.5. The molecule has 2 aliphatic rings. The molecule has 0 atom stereocenters. The van der Waals surface area contributed by atoms with Gasteiger partial charge in [-0.05, 0) is 105 Å². The molecule has 0 aromatic heterocycles. The Labute approximate surface area is 207 Å². The van der Waals surface area contributed by atoms with E-state index in [4.69, 9.17) is 4.74 Å². The van der Waals surface area contributed by atoms with Crippen molar-refractivity contribution in [2.75, 3.05) is 6.61 Å². The van der Waals surface area contributed by atoms with E-state index in [0.29, 0.717) is 12.5 Å². The van der Waals surface area contributed by atoms with Crippen molar-refractivity contribution in [2.45, 2.75) is 103 Å². The first kappa shape index (κ1) is 25.0. The largest absolute Gasteiger partial charge is 0.465 e. The predicted molar refractivity (Wildman–Crippen MR) is 142 cm³/mol. The lowest BCUT2D eigenvalue weighted by Gasteiger charge is -2.35. The second-order valence-electron chi connectivity index (χ2n) is 11.2. The predicted octanol–water partition coefficient (Wildman–Crippen LogP) is 9.04. The molecule has 0 saturated heterocycles. The van der Waals surface area contributed by atoms with Gasteiger partial charge in [0.15, 0.2) is 0 Å². The summed E-state index contributed by atoms with van der Waals surface area (Å²) in [6.07, 6.45) is 13.1. The summed E-state index contributed by atoms with van der Waals surface area (Å²) in [5.41, 5.74) is 5.24. The van der Waals surface area contributed by atoms with Crippen molar-refractivity contribution in [1.29, 1.82) is 0 Å². The molecule has 2 fully saturated rings. The zero-order chi connectivity index (χ0) is 24.0. The normalized spacial score (nSPS) is 27.3. The molecule has 0 N–H and O–H groups in total. The summed E-state index contributed by atoms with van der Waals surface area (Å²) >= 11 is 0. The molecule has 2 aliphatic carbocycles. The zero-order valence-corrected chi connectivity index (χ0v) is 21.7. The zero-order valence-electron chi connectivity index (χ0n) is 21.7. The van der Waals surface area contributed by atoms with Crippen LogP contribution in [0.2, 0.25) is 0 Å². The fraction of sp³-hybridized carbons (Fsp3) is 0.594. The first-order valence-corrected chi connectivity index (χ1v) is 13.9. The molecule has 2 heteroatoms. The van der Waals surface area contributed by atoms with Gasteiger partial charge in [-0.3, -0.25) is 4.79 Å². The lowest BCUT2D eigenvalue weighted by atomic mass is 9.70. The van der Waals surface area contributed by atoms with Gasteiger partial charge >= 0.3 is 5.97 Å². The highest BCUT2D eigenvalue weighted by Gasteiger charge is 2.39. The monoisotopic (exact) mass is 460 g/mol. The van der Waals surface area contributed by atoms with Crippen LogP contribution < -0.4 is 0 Å². The third-order valence-corrected chi connectivity index (χ3v) is 8.66. The Hall–Kier alpha value is -2.09. The summed E-state index contributed by atoms with van der Waals surface area (Å²) < 4.78 is 5.46. The lowest BCUT2D eigenvalue weighted by Crippen LogP contribution is -2.34. The van der Waals surface area contributed by atoms with E-state index in [9.17, 15) is 4.79 Å². The van der Waals surface area contributed by atoms with E-state index in [2.05, 4.69) is 62.4 Å². The average Bonchev–Trinajstić information content (AvgIpc) is 2.88. The average molecular weight is 461 g/mol. The SMILES string of the molecule is CCCOC(=O)C1(C)CCC(c2ccc(-c3ccc([C@H]4CC[C@H](CCC)CC4)cc3)cc2)CC1.